The van der Waals surface area contributed by atoms with E-state index in [1.165, 1.54) is 60.5 Å². The van der Waals surface area contributed by atoms with Crippen molar-refractivity contribution in [2.24, 2.45) is 7.05 Å². The van der Waals surface area contributed by atoms with Crippen LogP contribution in [-0.4, -0.2) is 30.9 Å². The molecule has 0 bridgehead atoms. The first kappa shape index (κ1) is 23.6. The van der Waals surface area contributed by atoms with Gasteiger partial charge in [-0.2, -0.15) is 10.2 Å². The van der Waals surface area contributed by atoms with Gasteiger partial charge in [-0.05, 0) is 55.5 Å². The van der Waals surface area contributed by atoms with Gasteiger partial charge in [0.2, 0.25) is 0 Å². The summed E-state index contributed by atoms with van der Waals surface area (Å²) in [6, 6.07) is 12.4. The fourth-order valence-electron chi connectivity index (χ4n) is 3.25. The summed E-state index contributed by atoms with van der Waals surface area (Å²) in [7, 11) is 1.53. The molecule has 0 radical (unpaired) electrons. The summed E-state index contributed by atoms with van der Waals surface area (Å²) >= 11 is 0. The van der Waals surface area contributed by atoms with Crippen LogP contribution in [0, 0.1) is 24.4 Å². The van der Waals surface area contributed by atoms with Crippen LogP contribution in [0.5, 0.6) is 0 Å². The molecule has 0 atom stereocenters. The van der Waals surface area contributed by atoms with E-state index >= 15 is 0 Å². The molecule has 0 unspecified atom stereocenters. The Hall–Kier alpha value is -4.60. The molecule has 0 spiro atoms. The van der Waals surface area contributed by atoms with E-state index in [1.807, 2.05) is 0 Å². The van der Waals surface area contributed by atoms with Crippen molar-refractivity contribution in [1.82, 2.24) is 25.0 Å². The Morgan fingerprint density at radius 1 is 0.971 bits per heavy atom. The molecule has 1 N–H and O–H groups in total. The van der Waals surface area contributed by atoms with E-state index in [9.17, 15) is 18.0 Å². The number of hydrogen-bond donors (Lipinski definition) is 1. The molecule has 0 aliphatic rings. The summed E-state index contributed by atoms with van der Waals surface area (Å²) in [6.45, 7) is 1.69. The molecule has 0 saturated heterocycles. The lowest BCUT2D eigenvalue weighted by atomic mass is 10.1. The molecule has 0 saturated carbocycles. The minimum Gasteiger partial charge on any atom is -0.322 e. The number of carbonyl (C=O) groups is 1. The summed E-state index contributed by atoms with van der Waals surface area (Å²) in [5, 5.41) is 14.9. The fourth-order valence-corrected chi connectivity index (χ4v) is 3.25. The van der Waals surface area contributed by atoms with Gasteiger partial charge in [-0.25, -0.2) is 17.9 Å². The molecule has 10 heteroatoms. The fraction of sp³-hybridized carbons (Fsp3) is 0.0800. The Labute approximate surface area is 198 Å². The number of amides is 1. The Morgan fingerprint density at radius 3 is 2.51 bits per heavy atom. The van der Waals surface area contributed by atoms with Gasteiger partial charge in [0, 0.05) is 36.3 Å². The highest BCUT2D eigenvalue weighted by molar-refractivity contribution is 6.05. The second-order valence-corrected chi connectivity index (χ2v) is 7.50. The minimum atomic E-state index is -1.06. The summed E-state index contributed by atoms with van der Waals surface area (Å²) in [4.78, 5) is 17.1. The van der Waals surface area contributed by atoms with Gasteiger partial charge in [0.1, 0.15) is 5.82 Å². The van der Waals surface area contributed by atoms with Gasteiger partial charge in [0.25, 0.3) is 5.91 Å². The zero-order valence-electron chi connectivity index (χ0n) is 18.7. The van der Waals surface area contributed by atoms with Gasteiger partial charge in [0.05, 0.1) is 23.0 Å². The van der Waals surface area contributed by atoms with Crippen LogP contribution in [0.2, 0.25) is 0 Å². The number of nitrogens with zero attached hydrogens (tertiary/aromatic N) is 5. The SMILES string of the molecule is Cc1ncc(-c2ccnn(C)c(-c3cccc(F)c3F)nnc2)cc1C(=O)Nc1ccc(F)cc1. The van der Waals surface area contributed by atoms with Crippen LogP contribution in [0.1, 0.15) is 16.1 Å². The summed E-state index contributed by atoms with van der Waals surface area (Å²) in [6.07, 6.45) is 4.40. The van der Waals surface area contributed by atoms with Crippen LogP contribution in [0.15, 0.2) is 73.2 Å². The van der Waals surface area contributed by atoms with Crippen molar-refractivity contribution in [2.75, 3.05) is 5.32 Å². The number of benzene rings is 2. The van der Waals surface area contributed by atoms with Gasteiger partial charge in [-0.15, -0.1) is 5.10 Å². The Bertz CT molecular complexity index is 1450. The molecule has 7 nitrogen and oxygen atoms in total. The molecule has 4 aromatic rings. The van der Waals surface area contributed by atoms with Crippen LogP contribution < -0.4 is 5.32 Å². The number of hydrogen-bond acceptors (Lipinski definition) is 5. The number of anilines is 1. The van der Waals surface area contributed by atoms with Crippen molar-refractivity contribution >= 4 is 11.6 Å². The van der Waals surface area contributed by atoms with Crippen molar-refractivity contribution in [1.29, 1.82) is 0 Å². The largest absolute Gasteiger partial charge is 0.322 e. The number of nitrogens with one attached hydrogen (secondary N) is 1. The van der Waals surface area contributed by atoms with Gasteiger partial charge in [0.15, 0.2) is 17.5 Å². The van der Waals surface area contributed by atoms with Gasteiger partial charge < -0.3 is 5.32 Å². The lowest BCUT2D eigenvalue weighted by Gasteiger charge is -2.09. The van der Waals surface area contributed by atoms with Gasteiger partial charge in [-0.3, -0.25) is 9.78 Å². The van der Waals surface area contributed by atoms with E-state index in [0.717, 1.165) is 6.07 Å². The maximum Gasteiger partial charge on any atom is 0.257 e. The quantitative estimate of drug-likeness (QED) is 0.446. The average molecular weight is 476 g/mol. The van der Waals surface area contributed by atoms with E-state index in [0.29, 0.717) is 28.1 Å². The number of rotatable bonds is 4. The normalized spacial score (nSPS) is 10.5. The molecule has 1 amide bonds. The Kier molecular flexibility index (Phi) is 6.81. The zero-order valence-corrected chi connectivity index (χ0v) is 18.7. The van der Waals surface area contributed by atoms with E-state index in [4.69, 9.17) is 0 Å². The molecule has 2 heterocycles. The van der Waals surface area contributed by atoms with Crippen LogP contribution in [0.3, 0.4) is 0 Å². The van der Waals surface area contributed by atoms with E-state index < -0.39 is 23.4 Å². The number of pyridine rings is 1. The summed E-state index contributed by atoms with van der Waals surface area (Å²) in [5.41, 5.74) is 2.21. The third-order valence-corrected chi connectivity index (χ3v) is 5.11. The van der Waals surface area contributed by atoms with Gasteiger partial charge >= 0.3 is 0 Å². The molecule has 35 heavy (non-hydrogen) atoms. The van der Waals surface area contributed by atoms with Crippen LogP contribution in [0.25, 0.3) is 22.5 Å². The first-order chi connectivity index (χ1) is 16.8. The van der Waals surface area contributed by atoms with Crippen LogP contribution in [0.4, 0.5) is 18.9 Å². The highest BCUT2D eigenvalue weighted by atomic mass is 19.2. The van der Waals surface area contributed by atoms with Crippen molar-refractivity contribution < 1.29 is 18.0 Å². The highest BCUT2D eigenvalue weighted by Gasteiger charge is 2.14. The predicted molar refractivity (Wildman–Crippen MR) is 124 cm³/mol. The monoisotopic (exact) mass is 476 g/mol. The summed E-state index contributed by atoms with van der Waals surface area (Å²) < 4.78 is 42.4. The van der Waals surface area contributed by atoms with Crippen molar-refractivity contribution in [3.05, 3.63) is 102 Å². The van der Waals surface area contributed by atoms with Crippen LogP contribution in [-0.2, 0) is 7.05 Å². The number of aromatic nitrogens is 5. The molecule has 2 aromatic heterocycles. The lowest BCUT2D eigenvalue weighted by Crippen LogP contribution is -2.14. The maximum atomic E-state index is 14.3. The zero-order chi connectivity index (χ0) is 24.9. The first-order valence-electron chi connectivity index (χ1n) is 10.4. The third-order valence-electron chi connectivity index (χ3n) is 5.11. The van der Waals surface area contributed by atoms with E-state index in [-0.39, 0.29) is 11.4 Å². The van der Waals surface area contributed by atoms with Gasteiger partial charge in [-0.1, -0.05) is 6.07 Å². The van der Waals surface area contributed by atoms with Crippen LogP contribution >= 0.6 is 0 Å². The molecule has 0 aliphatic carbocycles. The number of halogens is 3. The molecule has 176 valence electrons. The van der Waals surface area contributed by atoms with E-state index in [1.54, 1.807) is 25.3 Å². The smallest absolute Gasteiger partial charge is 0.257 e. The topological polar surface area (TPSA) is 85.6 Å². The third kappa shape index (κ3) is 5.32. The maximum absolute atomic E-state index is 14.3. The van der Waals surface area contributed by atoms with Crippen molar-refractivity contribution in [3.63, 3.8) is 0 Å². The average Bonchev–Trinajstić information content (AvgIpc) is 2.93. The molecule has 2 aromatic carbocycles. The Morgan fingerprint density at radius 2 is 1.74 bits per heavy atom. The standard InChI is InChI=1S/C25H19F3N6O/c1-15-21(25(35)32-19-8-6-18(26)7-9-19)12-17(13-29-15)16-10-11-31-34(2)24(33-30-14-16)20-4-3-5-22(27)23(20)28/h3-14H,1-2H3,(H,32,35). The highest BCUT2D eigenvalue weighted by Crippen LogP contribution is 2.22. The second-order valence-electron chi connectivity index (χ2n) is 7.50. The first-order valence-corrected chi connectivity index (χ1v) is 10.4. The van der Waals surface area contributed by atoms with Crippen molar-refractivity contribution in [3.8, 4) is 22.5 Å². The molecule has 0 aliphatic heterocycles. The minimum absolute atomic E-state index is 0.00513. The Balaban J connectivity index is 1.71. The van der Waals surface area contributed by atoms with Crippen molar-refractivity contribution in [2.45, 2.75) is 6.92 Å². The molecular weight excluding hydrogens is 457 g/mol. The molecular formula is C25H19F3N6O. The lowest BCUT2D eigenvalue weighted by molar-refractivity contribution is 0.102. The predicted octanol–water partition coefficient (Wildman–Crippen LogP) is 5.04. The number of aryl methyl sites for hydroxylation is 2. The molecule has 0 fully saturated rings. The second kappa shape index (κ2) is 10.1. The van der Waals surface area contributed by atoms with E-state index in [2.05, 4.69) is 25.6 Å². The number of carbonyl (C=O) groups excluding carboxylic acids is 1. The molecule has 4 rings (SSSR count). The summed E-state index contributed by atoms with van der Waals surface area (Å²) in [5.74, 6) is -2.89.